The van der Waals surface area contributed by atoms with Gasteiger partial charge in [-0.1, -0.05) is 24.3 Å². The van der Waals surface area contributed by atoms with Crippen molar-refractivity contribution in [1.82, 2.24) is 5.32 Å². The van der Waals surface area contributed by atoms with Gasteiger partial charge in [-0.15, -0.1) is 0 Å². The van der Waals surface area contributed by atoms with E-state index >= 15 is 0 Å². The molecular formula is C20H23NO2. The number of benzene rings is 2. The molecule has 3 nitrogen and oxygen atoms in total. The van der Waals surface area contributed by atoms with Crippen molar-refractivity contribution >= 4 is 5.91 Å². The topological polar surface area (TPSA) is 38.3 Å². The van der Waals surface area contributed by atoms with Crippen molar-refractivity contribution in [1.29, 1.82) is 0 Å². The summed E-state index contributed by atoms with van der Waals surface area (Å²) in [6.45, 7) is 4.04. The van der Waals surface area contributed by atoms with Gasteiger partial charge in [0.05, 0.1) is 13.2 Å². The van der Waals surface area contributed by atoms with Gasteiger partial charge in [0.15, 0.2) is 0 Å². The Kier molecular flexibility index (Phi) is 4.37. The number of carbonyl (C=O) groups excluding carboxylic acids is 1. The van der Waals surface area contributed by atoms with Crippen LogP contribution in [0, 0.1) is 19.8 Å². The zero-order chi connectivity index (χ0) is 16.4. The lowest BCUT2D eigenvalue weighted by atomic mass is 9.99. The molecule has 2 aromatic carbocycles. The second-order valence-corrected chi connectivity index (χ2v) is 6.31. The SMILES string of the molecule is COc1ccc(C(NC(=O)c2cccc(C)c2C)C2CC2)cc1. The van der Waals surface area contributed by atoms with E-state index in [0.717, 1.165) is 28.0 Å². The van der Waals surface area contributed by atoms with Crippen LogP contribution in [0.25, 0.3) is 0 Å². The molecule has 1 unspecified atom stereocenters. The number of amides is 1. The van der Waals surface area contributed by atoms with Gasteiger partial charge in [0.2, 0.25) is 0 Å². The van der Waals surface area contributed by atoms with E-state index in [-0.39, 0.29) is 11.9 Å². The first-order valence-electron chi connectivity index (χ1n) is 8.11. The molecule has 0 bridgehead atoms. The summed E-state index contributed by atoms with van der Waals surface area (Å²) in [6, 6.07) is 14.0. The quantitative estimate of drug-likeness (QED) is 0.899. The smallest absolute Gasteiger partial charge is 0.252 e. The highest BCUT2D eigenvalue weighted by Gasteiger charge is 2.33. The minimum Gasteiger partial charge on any atom is -0.497 e. The van der Waals surface area contributed by atoms with E-state index < -0.39 is 0 Å². The predicted molar refractivity (Wildman–Crippen MR) is 91.8 cm³/mol. The average Bonchev–Trinajstić information content (AvgIpc) is 3.40. The normalized spacial score (nSPS) is 15.1. The van der Waals surface area contributed by atoms with Gasteiger partial charge < -0.3 is 10.1 Å². The largest absolute Gasteiger partial charge is 0.497 e. The molecule has 0 saturated heterocycles. The summed E-state index contributed by atoms with van der Waals surface area (Å²) in [5.74, 6) is 1.39. The van der Waals surface area contributed by atoms with Crippen LogP contribution in [0.1, 0.15) is 45.9 Å². The maximum absolute atomic E-state index is 12.7. The average molecular weight is 309 g/mol. The van der Waals surface area contributed by atoms with E-state index in [4.69, 9.17) is 4.74 Å². The number of methoxy groups -OCH3 is 1. The molecule has 1 amide bonds. The number of hydrogen-bond donors (Lipinski definition) is 1. The fourth-order valence-corrected chi connectivity index (χ4v) is 2.93. The molecule has 3 heteroatoms. The molecule has 1 fully saturated rings. The van der Waals surface area contributed by atoms with Crippen molar-refractivity contribution in [3.8, 4) is 5.75 Å². The van der Waals surface area contributed by atoms with Gasteiger partial charge in [-0.25, -0.2) is 0 Å². The molecule has 23 heavy (non-hydrogen) atoms. The Bertz CT molecular complexity index is 702. The van der Waals surface area contributed by atoms with Crippen LogP contribution in [0.5, 0.6) is 5.75 Å². The molecular weight excluding hydrogens is 286 g/mol. The van der Waals surface area contributed by atoms with E-state index in [1.165, 1.54) is 12.8 Å². The number of ether oxygens (including phenoxy) is 1. The molecule has 1 saturated carbocycles. The van der Waals surface area contributed by atoms with Crippen molar-refractivity contribution in [2.24, 2.45) is 5.92 Å². The van der Waals surface area contributed by atoms with Crippen LogP contribution < -0.4 is 10.1 Å². The second-order valence-electron chi connectivity index (χ2n) is 6.31. The molecule has 1 aliphatic carbocycles. The standard InChI is InChI=1S/C20H23NO2/c1-13-5-4-6-18(14(13)2)20(22)21-19(15-7-8-15)16-9-11-17(23-3)12-10-16/h4-6,9-12,15,19H,7-8H2,1-3H3,(H,21,22). The molecule has 120 valence electrons. The van der Waals surface area contributed by atoms with Crippen molar-refractivity contribution in [2.75, 3.05) is 7.11 Å². The van der Waals surface area contributed by atoms with Crippen LogP contribution in [-0.2, 0) is 0 Å². The zero-order valence-corrected chi connectivity index (χ0v) is 13.9. The first kappa shape index (κ1) is 15.6. The number of nitrogens with one attached hydrogen (secondary N) is 1. The number of hydrogen-bond acceptors (Lipinski definition) is 2. The fraction of sp³-hybridized carbons (Fsp3) is 0.350. The van der Waals surface area contributed by atoms with Gasteiger partial charge in [0.25, 0.3) is 5.91 Å². The van der Waals surface area contributed by atoms with E-state index in [9.17, 15) is 4.79 Å². The minimum absolute atomic E-state index is 0.0129. The molecule has 0 aromatic heterocycles. The van der Waals surface area contributed by atoms with Gasteiger partial charge >= 0.3 is 0 Å². The van der Waals surface area contributed by atoms with E-state index in [2.05, 4.69) is 5.32 Å². The Labute approximate surface area is 137 Å². The van der Waals surface area contributed by atoms with Crippen LogP contribution in [0.3, 0.4) is 0 Å². The van der Waals surface area contributed by atoms with Crippen LogP contribution in [-0.4, -0.2) is 13.0 Å². The van der Waals surface area contributed by atoms with Crippen LogP contribution >= 0.6 is 0 Å². The molecule has 1 aliphatic rings. The van der Waals surface area contributed by atoms with Crippen molar-refractivity contribution < 1.29 is 9.53 Å². The summed E-state index contributed by atoms with van der Waals surface area (Å²) in [5, 5.41) is 3.24. The first-order valence-corrected chi connectivity index (χ1v) is 8.11. The maximum Gasteiger partial charge on any atom is 0.252 e. The van der Waals surface area contributed by atoms with Crippen molar-refractivity contribution in [2.45, 2.75) is 32.7 Å². The molecule has 1 N–H and O–H groups in total. The highest BCUT2D eigenvalue weighted by atomic mass is 16.5. The van der Waals surface area contributed by atoms with Crippen LogP contribution in [0.15, 0.2) is 42.5 Å². The summed E-state index contributed by atoms with van der Waals surface area (Å²) >= 11 is 0. The Morgan fingerprint density at radius 1 is 1.13 bits per heavy atom. The Balaban J connectivity index is 1.82. The van der Waals surface area contributed by atoms with Crippen LogP contribution in [0.4, 0.5) is 0 Å². The highest BCUT2D eigenvalue weighted by molar-refractivity contribution is 5.96. The molecule has 2 aromatic rings. The summed E-state index contributed by atoms with van der Waals surface area (Å²) in [4.78, 5) is 12.7. The monoisotopic (exact) mass is 309 g/mol. The van der Waals surface area contributed by atoms with Crippen LogP contribution in [0.2, 0.25) is 0 Å². The number of rotatable bonds is 5. The first-order chi connectivity index (χ1) is 11.1. The zero-order valence-electron chi connectivity index (χ0n) is 13.9. The highest BCUT2D eigenvalue weighted by Crippen LogP contribution is 2.41. The van der Waals surface area contributed by atoms with Crippen molar-refractivity contribution in [3.05, 3.63) is 64.7 Å². The molecule has 0 radical (unpaired) electrons. The summed E-state index contributed by atoms with van der Waals surface area (Å²) in [5.41, 5.74) is 4.11. The van der Waals surface area contributed by atoms with E-state index in [1.54, 1.807) is 7.11 Å². The van der Waals surface area contributed by atoms with Crippen molar-refractivity contribution in [3.63, 3.8) is 0 Å². The Hall–Kier alpha value is -2.29. The molecule has 1 atom stereocenters. The molecule has 0 spiro atoms. The van der Waals surface area contributed by atoms with Gasteiger partial charge in [0, 0.05) is 5.56 Å². The van der Waals surface area contributed by atoms with E-state index in [1.807, 2.05) is 56.3 Å². The van der Waals surface area contributed by atoms with Gasteiger partial charge in [-0.05, 0) is 67.5 Å². The maximum atomic E-state index is 12.7. The Morgan fingerprint density at radius 3 is 2.43 bits per heavy atom. The third-order valence-electron chi connectivity index (χ3n) is 4.70. The lowest BCUT2D eigenvalue weighted by Crippen LogP contribution is -2.30. The number of carbonyl (C=O) groups is 1. The molecule has 3 rings (SSSR count). The van der Waals surface area contributed by atoms with Gasteiger partial charge in [0.1, 0.15) is 5.75 Å². The third kappa shape index (κ3) is 3.39. The molecule has 0 heterocycles. The molecule has 0 aliphatic heterocycles. The lowest BCUT2D eigenvalue weighted by molar-refractivity contribution is 0.0931. The summed E-state index contributed by atoms with van der Waals surface area (Å²) < 4.78 is 5.22. The summed E-state index contributed by atoms with van der Waals surface area (Å²) in [7, 11) is 1.66. The fourth-order valence-electron chi connectivity index (χ4n) is 2.93. The Morgan fingerprint density at radius 2 is 1.83 bits per heavy atom. The minimum atomic E-state index is 0.0129. The second kappa shape index (κ2) is 6.45. The summed E-state index contributed by atoms with van der Waals surface area (Å²) in [6.07, 6.45) is 2.34. The third-order valence-corrected chi connectivity index (χ3v) is 4.70. The predicted octanol–water partition coefficient (Wildman–Crippen LogP) is 4.19. The number of aryl methyl sites for hydroxylation is 1. The lowest BCUT2D eigenvalue weighted by Gasteiger charge is -2.20. The van der Waals surface area contributed by atoms with Gasteiger partial charge in [-0.2, -0.15) is 0 Å². The van der Waals surface area contributed by atoms with Gasteiger partial charge in [-0.3, -0.25) is 4.79 Å². The van der Waals surface area contributed by atoms with E-state index in [0.29, 0.717) is 5.92 Å².